The topological polar surface area (TPSA) is 99.1 Å². The molecule has 2 atom stereocenters. The third-order valence-corrected chi connectivity index (χ3v) is 5.90. The molecule has 2 aliphatic rings. The molecule has 2 aliphatic heterocycles. The van der Waals surface area contributed by atoms with E-state index in [1.54, 1.807) is 35.0 Å². The molecule has 1 aromatic heterocycles. The summed E-state index contributed by atoms with van der Waals surface area (Å²) in [5, 5.41) is 3.21. The summed E-state index contributed by atoms with van der Waals surface area (Å²) in [6, 6.07) is 7.25. The molecule has 0 bridgehead atoms. The molecule has 1 saturated heterocycles. The third-order valence-electron chi connectivity index (χ3n) is 5.90. The van der Waals surface area contributed by atoms with Gasteiger partial charge >= 0.3 is 0 Å². The zero-order chi connectivity index (χ0) is 22.7. The molecule has 32 heavy (non-hydrogen) atoms. The highest BCUT2D eigenvalue weighted by atomic mass is 16.8. The lowest BCUT2D eigenvalue weighted by Crippen LogP contribution is -2.46. The minimum atomic E-state index is -1.20. The van der Waals surface area contributed by atoms with Crippen LogP contribution in [0.25, 0.3) is 10.9 Å². The molecule has 3 heterocycles. The Hall–Kier alpha value is -3.01. The van der Waals surface area contributed by atoms with E-state index in [0.717, 1.165) is 31.4 Å². The number of benzene rings is 1. The van der Waals surface area contributed by atoms with Crippen LogP contribution in [0, 0.1) is 0 Å². The molecule has 0 aliphatic carbocycles. The van der Waals surface area contributed by atoms with Crippen molar-refractivity contribution < 1.29 is 28.6 Å². The van der Waals surface area contributed by atoms with Gasteiger partial charge in [0.15, 0.2) is 6.29 Å². The standard InChI is InChI=1S/C23H27N3O6/c1-30-20-9-10-23(31-2,32-20)15-24-22(29)21(28)17-13-26(18-8-4-3-7-16(17)18)14-19(27)25-11-5-6-12-25/h3-4,7-10,13,20H,5-6,11-12,14-15H2,1-2H3,(H,24,29). The van der Waals surface area contributed by atoms with Crippen LogP contribution >= 0.6 is 0 Å². The number of ether oxygens (including phenoxy) is 3. The molecular formula is C23H27N3O6. The lowest BCUT2D eigenvalue weighted by Gasteiger charge is -2.26. The van der Waals surface area contributed by atoms with Gasteiger partial charge in [0.25, 0.3) is 11.7 Å². The predicted molar refractivity (Wildman–Crippen MR) is 116 cm³/mol. The first-order valence-electron chi connectivity index (χ1n) is 10.6. The second-order valence-electron chi connectivity index (χ2n) is 7.88. The summed E-state index contributed by atoms with van der Waals surface area (Å²) in [5.74, 6) is -2.67. The van der Waals surface area contributed by atoms with Crippen molar-refractivity contribution in [2.24, 2.45) is 0 Å². The first-order chi connectivity index (χ1) is 15.5. The zero-order valence-electron chi connectivity index (χ0n) is 18.2. The van der Waals surface area contributed by atoms with Crippen molar-refractivity contribution in [2.45, 2.75) is 31.5 Å². The number of likely N-dealkylation sites (tertiary alicyclic amines) is 1. The fraction of sp³-hybridized carbons (Fsp3) is 0.435. The summed E-state index contributed by atoms with van der Waals surface area (Å²) >= 11 is 0. The van der Waals surface area contributed by atoms with Gasteiger partial charge < -0.3 is 29.0 Å². The van der Waals surface area contributed by atoms with Crippen LogP contribution in [0.3, 0.4) is 0 Å². The van der Waals surface area contributed by atoms with E-state index in [4.69, 9.17) is 14.2 Å². The Balaban J connectivity index is 1.50. The molecule has 1 aromatic carbocycles. The van der Waals surface area contributed by atoms with E-state index in [0.29, 0.717) is 5.39 Å². The van der Waals surface area contributed by atoms with Crippen molar-refractivity contribution >= 4 is 28.5 Å². The maximum Gasteiger partial charge on any atom is 0.292 e. The van der Waals surface area contributed by atoms with Gasteiger partial charge in [-0.25, -0.2) is 0 Å². The van der Waals surface area contributed by atoms with Crippen LogP contribution < -0.4 is 5.32 Å². The number of nitrogens with one attached hydrogen (secondary N) is 1. The van der Waals surface area contributed by atoms with Gasteiger partial charge in [0.05, 0.1) is 12.1 Å². The van der Waals surface area contributed by atoms with Crippen molar-refractivity contribution in [3.05, 3.63) is 48.2 Å². The van der Waals surface area contributed by atoms with Gasteiger partial charge in [-0.05, 0) is 31.1 Å². The molecule has 2 amide bonds. The lowest BCUT2D eigenvalue weighted by molar-refractivity contribution is -0.238. The highest BCUT2D eigenvalue weighted by Crippen LogP contribution is 2.25. The van der Waals surface area contributed by atoms with Gasteiger partial charge in [0, 0.05) is 44.4 Å². The third kappa shape index (κ3) is 4.32. The van der Waals surface area contributed by atoms with E-state index in [1.807, 2.05) is 17.0 Å². The smallest absolute Gasteiger partial charge is 0.292 e. The van der Waals surface area contributed by atoms with Crippen molar-refractivity contribution in [1.82, 2.24) is 14.8 Å². The van der Waals surface area contributed by atoms with Gasteiger partial charge in [-0.2, -0.15) is 0 Å². The van der Waals surface area contributed by atoms with Gasteiger partial charge in [-0.3, -0.25) is 14.4 Å². The summed E-state index contributed by atoms with van der Waals surface area (Å²) in [4.78, 5) is 40.1. The molecule has 170 valence electrons. The highest BCUT2D eigenvalue weighted by Gasteiger charge is 2.37. The Kier molecular flexibility index (Phi) is 6.40. The Bertz CT molecular complexity index is 1060. The second-order valence-corrected chi connectivity index (χ2v) is 7.88. The van der Waals surface area contributed by atoms with Crippen LogP contribution in [0.5, 0.6) is 0 Å². The van der Waals surface area contributed by atoms with E-state index in [2.05, 4.69) is 5.32 Å². The number of rotatable bonds is 8. The number of ketones is 1. The SMILES string of the molecule is COC1C=CC(CNC(=O)C(=O)c2cn(CC(=O)N3CCCC3)c3ccccc23)(OC)O1. The second kappa shape index (κ2) is 9.23. The number of hydrogen-bond donors (Lipinski definition) is 1. The molecule has 2 aromatic rings. The van der Waals surface area contributed by atoms with Crippen LogP contribution in [-0.4, -0.2) is 73.0 Å². The zero-order valence-corrected chi connectivity index (χ0v) is 18.2. The first-order valence-corrected chi connectivity index (χ1v) is 10.6. The van der Waals surface area contributed by atoms with Gasteiger partial charge in [-0.15, -0.1) is 0 Å². The fourth-order valence-electron chi connectivity index (χ4n) is 4.09. The average molecular weight is 441 g/mol. The molecule has 1 N–H and O–H groups in total. The summed E-state index contributed by atoms with van der Waals surface area (Å²) in [5.41, 5.74) is 0.978. The van der Waals surface area contributed by atoms with E-state index >= 15 is 0 Å². The van der Waals surface area contributed by atoms with Gasteiger partial charge in [-0.1, -0.05) is 18.2 Å². The molecule has 0 saturated carbocycles. The molecule has 2 unspecified atom stereocenters. The van der Waals surface area contributed by atoms with Crippen molar-refractivity contribution in [3.8, 4) is 0 Å². The number of fused-ring (bicyclic) bond motifs is 1. The minimum Gasteiger partial charge on any atom is -0.352 e. The van der Waals surface area contributed by atoms with E-state index in [-0.39, 0.29) is 24.6 Å². The predicted octanol–water partition coefficient (Wildman–Crippen LogP) is 1.46. The van der Waals surface area contributed by atoms with E-state index in [9.17, 15) is 14.4 Å². The van der Waals surface area contributed by atoms with Crippen LogP contribution in [-0.2, 0) is 30.3 Å². The molecular weight excluding hydrogens is 414 g/mol. The van der Waals surface area contributed by atoms with Crippen molar-refractivity contribution in [3.63, 3.8) is 0 Å². The van der Waals surface area contributed by atoms with E-state index < -0.39 is 23.8 Å². The van der Waals surface area contributed by atoms with Gasteiger partial charge in [0.1, 0.15) is 6.54 Å². The summed E-state index contributed by atoms with van der Waals surface area (Å²) in [7, 11) is 2.94. The van der Waals surface area contributed by atoms with Crippen LogP contribution in [0.15, 0.2) is 42.6 Å². The fourth-order valence-corrected chi connectivity index (χ4v) is 4.09. The van der Waals surface area contributed by atoms with E-state index in [1.165, 1.54) is 14.2 Å². The first kappa shape index (κ1) is 22.2. The maximum absolute atomic E-state index is 13.0. The van der Waals surface area contributed by atoms with Crippen LogP contribution in [0.1, 0.15) is 23.2 Å². The summed E-state index contributed by atoms with van der Waals surface area (Å²) in [6.07, 6.45) is 6.32. The van der Waals surface area contributed by atoms with Crippen LogP contribution in [0.2, 0.25) is 0 Å². The average Bonchev–Trinajstić information content (AvgIpc) is 3.56. The summed E-state index contributed by atoms with van der Waals surface area (Å²) in [6.45, 7) is 1.58. The maximum atomic E-state index is 13.0. The number of carbonyl (C=O) groups is 3. The number of methoxy groups -OCH3 is 2. The molecule has 1 fully saturated rings. The number of hydrogen-bond acceptors (Lipinski definition) is 6. The Morgan fingerprint density at radius 2 is 1.94 bits per heavy atom. The highest BCUT2D eigenvalue weighted by molar-refractivity contribution is 6.45. The minimum absolute atomic E-state index is 0.00612. The normalized spacial score (nSPS) is 22.6. The van der Waals surface area contributed by atoms with Crippen LogP contribution in [0.4, 0.5) is 0 Å². The molecule has 9 heteroatoms. The number of para-hydroxylation sites is 1. The summed E-state index contributed by atoms with van der Waals surface area (Å²) < 4.78 is 17.8. The van der Waals surface area contributed by atoms with Crippen molar-refractivity contribution in [1.29, 1.82) is 0 Å². The molecule has 0 spiro atoms. The number of carbonyl (C=O) groups excluding carboxylic acids is 3. The molecule has 0 radical (unpaired) electrons. The Morgan fingerprint density at radius 1 is 1.19 bits per heavy atom. The number of nitrogens with zero attached hydrogens (tertiary/aromatic N) is 2. The molecule has 4 rings (SSSR count). The number of aromatic nitrogens is 1. The number of amides is 2. The Labute approximate surface area is 185 Å². The monoisotopic (exact) mass is 441 g/mol. The van der Waals surface area contributed by atoms with Crippen molar-refractivity contribution in [2.75, 3.05) is 33.9 Å². The lowest BCUT2D eigenvalue weighted by atomic mass is 10.1. The number of Topliss-reactive ketones (excluding diaryl/α,β-unsaturated/α-hetero) is 1. The quantitative estimate of drug-likeness (QED) is 0.378. The largest absolute Gasteiger partial charge is 0.352 e. The Morgan fingerprint density at radius 3 is 2.62 bits per heavy atom. The molecule has 9 nitrogen and oxygen atoms in total. The van der Waals surface area contributed by atoms with Gasteiger partial charge in [0.2, 0.25) is 11.7 Å².